The Labute approximate surface area is 121 Å². The lowest BCUT2D eigenvalue weighted by Gasteiger charge is -2.12. The number of benzene rings is 2. The molecular formula is C15H14ClFN2O. The van der Waals surface area contributed by atoms with Gasteiger partial charge in [-0.15, -0.1) is 0 Å². The average Bonchev–Trinajstić information content (AvgIpc) is 2.38. The van der Waals surface area contributed by atoms with Crippen molar-refractivity contribution in [3.05, 3.63) is 58.4 Å². The van der Waals surface area contributed by atoms with Crippen molar-refractivity contribution in [2.45, 2.75) is 13.8 Å². The Bertz CT molecular complexity index is 638. The van der Waals surface area contributed by atoms with Crippen LogP contribution in [0.5, 0.6) is 0 Å². The molecule has 0 saturated heterocycles. The predicted octanol–water partition coefficient (Wildman–Crippen LogP) is 4.74. The number of rotatable bonds is 2. The van der Waals surface area contributed by atoms with E-state index in [2.05, 4.69) is 10.6 Å². The zero-order chi connectivity index (χ0) is 14.7. The highest BCUT2D eigenvalue weighted by molar-refractivity contribution is 6.31. The van der Waals surface area contributed by atoms with Gasteiger partial charge in [0.2, 0.25) is 0 Å². The van der Waals surface area contributed by atoms with Gasteiger partial charge in [0.05, 0.1) is 5.02 Å². The molecule has 2 N–H and O–H groups in total. The van der Waals surface area contributed by atoms with Crippen molar-refractivity contribution in [3.8, 4) is 0 Å². The molecule has 3 nitrogen and oxygen atoms in total. The molecular weight excluding hydrogens is 279 g/mol. The van der Waals surface area contributed by atoms with E-state index in [4.69, 9.17) is 11.6 Å². The molecule has 0 aliphatic carbocycles. The molecule has 20 heavy (non-hydrogen) atoms. The molecule has 2 aromatic rings. The number of carbonyl (C=O) groups excluding carboxylic acids is 1. The summed E-state index contributed by atoms with van der Waals surface area (Å²) in [7, 11) is 0. The molecule has 2 aromatic carbocycles. The van der Waals surface area contributed by atoms with Crippen molar-refractivity contribution in [2.24, 2.45) is 0 Å². The molecule has 5 heteroatoms. The van der Waals surface area contributed by atoms with Crippen LogP contribution in [-0.2, 0) is 0 Å². The number of hydrogen-bond donors (Lipinski definition) is 2. The van der Waals surface area contributed by atoms with Crippen molar-refractivity contribution >= 4 is 29.0 Å². The minimum atomic E-state index is -0.521. The van der Waals surface area contributed by atoms with E-state index in [-0.39, 0.29) is 5.02 Å². The summed E-state index contributed by atoms with van der Waals surface area (Å²) in [5.74, 6) is -0.521. The largest absolute Gasteiger partial charge is 0.323 e. The average molecular weight is 293 g/mol. The maximum absolute atomic E-state index is 13.0. The highest BCUT2D eigenvalue weighted by atomic mass is 35.5. The van der Waals surface area contributed by atoms with Crippen LogP contribution in [0.25, 0.3) is 0 Å². The highest BCUT2D eigenvalue weighted by Gasteiger charge is 2.08. The van der Waals surface area contributed by atoms with E-state index >= 15 is 0 Å². The van der Waals surface area contributed by atoms with Crippen molar-refractivity contribution in [2.75, 3.05) is 10.6 Å². The summed E-state index contributed by atoms with van der Waals surface area (Å²) in [6.45, 7) is 3.83. The van der Waals surface area contributed by atoms with Crippen LogP contribution >= 0.6 is 11.6 Å². The number of nitrogens with one attached hydrogen (secondary N) is 2. The molecule has 2 rings (SSSR count). The van der Waals surface area contributed by atoms with E-state index in [0.717, 1.165) is 16.8 Å². The lowest BCUT2D eigenvalue weighted by atomic mass is 10.1. The minimum Gasteiger partial charge on any atom is -0.308 e. The quantitative estimate of drug-likeness (QED) is 0.824. The Hall–Kier alpha value is -2.07. The third-order valence-electron chi connectivity index (χ3n) is 2.90. The number of amides is 2. The van der Waals surface area contributed by atoms with Crippen molar-refractivity contribution in [1.29, 1.82) is 0 Å². The predicted molar refractivity (Wildman–Crippen MR) is 80.0 cm³/mol. The van der Waals surface area contributed by atoms with E-state index in [0.29, 0.717) is 5.69 Å². The van der Waals surface area contributed by atoms with Crippen molar-refractivity contribution < 1.29 is 9.18 Å². The second-order valence-electron chi connectivity index (χ2n) is 4.47. The zero-order valence-corrected chi connectivity index (χ0v) is 11.9. The minimum absolute atomic E-state index is 0.0325. The number of halogens is 2. The van der Waals surface area contributed by atoms with Crippen molar-refractivity contribution in [3.63, 3.8) is 0 Å². The van der Waals surface area contributed by atoms with Crippen LogP contribution in [0.2, 0.25) is 5.02 Å². The summed E-state index contributed by atoms with van der Waals surface area (Å²) in [4.78, 5) is 11.9. The van der Waals surface area contributed by atoms with Gasteiger partial charge in [0.15, 0.2) is 0 Å². The number of carbonyl (C=O) groups is 1. The van der Waals surface area contributed by atoms with Gasteiger partial charge in [0.1, 0.15) is 5.82 Å². The molecule has 0 heterocycles. The summed E-state index contributed by atoms with van der Waals surface area (Å²) < 4.78 is 13.0. The topological polar surface area (TPSA) is 41.1 Å². The Morgan fingerprint density at radius 2 is 1.75 bits per heavy atom. The van der Waals surface area contributed by atoms with Gasteiger partial charge >= 0.3 is 6.03 Å². The van der Waals surface area contributed by atoms with Crippen LogP contribution in [0.3, 0.4) is 0 Å². The first kappa shape index (κ1) is 14.3. The van der Waals surface area contributed by atoms with Crippen molar-refractivity contribution in [1.82, 2.24) is 0 Å². The molecule has 0 bridgehead atoms. The van der Waals surface area contributed by atoms with Gasteiger partial charge in [-0.1, -0.05) is 29.8 Å². The van der Waals surface area contributed by atoms with Crippen LogP contribution in [0.4, 0.5) is 20.6 Å². The highest BCUT2D eigenvalue weighted by Crippen LogP contribution is 2.21. The Morgan fingerprint density at radius 3 is 2.35 bits per heavy atom. The van der Waals surface area contributed by atoms with E-state index in [1.807, 2.05) is 32.0 Å². The first-order valence-electron chi connectivity index (χ1n) is 6.06. The lowest BCUT2D eigenvalue weighted by Crippen LogP contribution is -2.20. The van der Waals surface area contributed by atoms with Gasteiger partial charge in [-0.3, -0.25) is 0 Å². The van der Waals surface area contributed by atoms with Gasteiger partial charge in [-0.25, -0.2) is 9.18 Å². The maximum Gasteiger partial charge on any atom is 0.323 e. The standard InChI is InChI=1S/C15H14ClFN2O/c1-9-4-3-5-10(2)14(9)19-15(20)18-11-6-7-13(17)12(16)8-11/h3-8H,1-2H3,(H2,18,19,20). The monoisotopic (exact) mass is 292 g/mol. The summed E-state index contributed by atoms with van der Waals surface area (Å²) >= 11 is 5.66. The second-order valence-corrected chi connectivity index (χ2v) is 4.88. The molecule has 0 aromatic heterocycles. The van der Waals surface area contributed by atoms with Gasteiger partial charge < -0.3 is 10.6 Å². The third kappa shape index (κ3) is 3.27. The van der Waals surface area contributed by atoms with E-state index in [1.165, 1.54) is 18.2 Å². The third-order valence-corrected chi connectivity index (χ3v) is 3.19. The summed E-state index contributed by atoms with van der Waals surface area (Å²) in [6, 6.07) is 9.37. The van der Waals surface area contributed by atoms with Crippen LogP contribution in [0, 0.1) is 19.7 Å². The van der Waals surface area contributed by atoms with E-state index < -0.39 is 11.8 Å². The van der Waals surface area contributed by atoms with E-state index in [9.17, 15) is 9.18 Å². The fourth-order valence-electron chi connectivity index (χ4n) is 1.86. The van der Waals surface area contributed by atoms with Crippen LogP contribution in [0.15, 0.2) is 36.4 Å². The number of aryl methyl sites for hydroxylation is 2. The number of para-hydroxylation sites is 1. The van der Waals surface area contributed by atoms with Crippen LogP contribution in [-0.4, -0.2) is 6.03 Å². The molecule has 0 radical (unpaired) electrons. The summed E-state index contributed by atoms with van der Waals surface area (Å²) in [6.07, 6.45) is 0. The molecule has 2 amide bonds. The zero-order valence-electron chi connectivity index (χ0n) is 11.1. The van der Waals surface area contributed by atoms with E-state index in [1.54, 1.807) is 0 Å². The fraction of sp³-hybridized carbons (Fsp3) is 0.133. The van der Waals surface area contributed by atoms with Crippen LogP contribution in [0.1, 0.15) is 11.1 Å². The molecule has 0 saturated carbocycles. The number of hydrogen-bond acceptors (Lipinski definition) is 1. The molecule has 0 fully saturated rings. The molecule has 0 atom stereocenters. The summed E-state index contributed by atoms with van der Waals surface area (Å²) in [5, 5.41) is 5.35. The Balaban J connectivity index is 2.11. The second kappa shape index (κ2) is 5.92. The van der Waals surface area contributed by atoms with Gasteiger partial charge in [0.25, 0.3) is 0 Å². The number of urea groups is 1. The molecule has 104 valence electrons. The fourth-order valence-corrected chi connectivity index (χ4v) is 2.04. The Morgan fingerprint density at radius 1 is 1.10 bits per heavy atom. The molecule has 0 unspecified atom stereocenters. The van der Waals surface area contributed by atoms with Gasteiger partial charge in [-0.2, -0.15) is 0 Å². The smallest absolute Gasteiger partial charge is 0.308 e. The Kier molecular flexibility index (Phi) is 4.25. The first-order chi connectivity index (χ1) is 9.47. The lowest BCUT2D eigenvalue weighted by molar-refractivity contribution is 0.262. The SMILES string of the molecule is Cc1cccc(C)c1NC(=O)Nc1ccc(F)c(Cl)c1. The number of anilines is 2. The normalized spacial score (nSPS) is 10.2. The molecule has 0 aliphatic rings. The van der Waals surface area contributed by atoms with Crippen LogP contribution < -0.4 is 10.6 Å². The summed E-state index contributed by atoms with van der Waals surface area (Å²) in [5.41, 5.74) is 3.13. The van der Waals surface area contributed by atoms with Gasteiger partial charge in [0, 0.05) is 11.4 Å². The molecule has 0 spiro atoms. The molecule has 0 aliphatic heterocycles. The maximum atomic E-state index is 13.0. The first-order valence-corrected chi connectivity index (χ1v) is 6.44. The van der Waals surface area contributed by atoms with Gasteiger partial charge in [-0.05, 0) is 43.2 Å².